The van der Waals surface area contributed by atoms with Crippen molar-refractivity contribution in [2.75, 3.05) is 19.6 Å². The Balaban J connectivity index is 0.000000999. The first-order chi connectivity index (χ1) is 19.7. The van der Waals surface area contributed by atoms with Crippen LogP contribution in [0.3, 0.4) is 0 Å². The topological polar surface area (TPSA) is 49.6 Å². The fourth-order valence-electron chi connectivity index (χ4n) is 5.03. The Kier molecular flexibility index (Phi) is 18.7. The predicted octanol–water partition coefficient (Wildman–Crippen LogP) is 9.35. The van der Waals surface area contributed by atoms with Gasteiger partial charge >= 0.3 is 6.18 Å². The SMILES string of the molecule is C=C1C(=O)N(C2CCC(c3cc(C)ccc3F)CC2)CCN1C(=C)C(F)(F)F.CC.CC1CCC1C.CCC.CCN. The van der Waals surface area contributed by atoms with Crippen LogP contribution in [0.15, 0.2) is 42.8 Å². The molecule has 1 aromatic carbocycles. The van der Waals surface area contributed by atoms with Crippen molar-refractivity contribution in [1.82, 2.24) is 9.80 Å². The Morgan fingerprint density at radius 1 is 0.976 bits per heavy atom. The fourth-order valence-corrected chi connectivity index (χ4v) is 5.03. The summed E-state index contributed by atoms with van der Waals surface area (Å²) in [6.45, 7) is 24.3. The summed E-state index contributed by atoms with van der Waals surface area (Å²) in [5.74, 6) is 1.47. The molecule has 2 unspecified atom stereocenters. The number of nitrogens with zero attached hydrogens (tertiary/aromatic N) is 2. The molecule has 8 heteroatoms. The minimum atomic E-state index is -4.60. The molecule has 1 saturated heterocycles. The Morgan fingerprint density at radius 3 is 1.86 bits per heavy atom. The van der Waals surface area contributed by atoms with Gasteiger partial charge in [-0.15, -0.1) is 0 Å². The van der Waals surface area contributed by atoms with Crippen LogP contribution in [0.2, 0.25) is 0 Å². The number of halogens is 4. The smallest absolute Gasteiger partial charge is 0.333 e. The highest BCUT2D eigenvalue weighted by Crippen LogP contribution is 2.38. The second-order valence-corrected chi connectivity index (χ2v) is 11.2. The third kappa shape index (κ3) is 12.1. The molecule has 2 atom stereocenters. The first kappa shape index (κ1) is 39.6. The molecule has 3 fully saturated rings. The molecule has 0 bridgehead atoms. The van der Waals surface area contributed by atoms with Crippen molar-refractivity contribution in [3.8, 4) is 0 Å². The Morgan fingerprint density at radius 2 is 1.45 bits per heavy atom. The van der Waals surface area contributed by atoms with E-state index in [1.807, 2.05) is 33.8 Å². The van der Waals surface area contributed by atoms with Crippen LogP contribution in [0.1, 0.15) is 110 Å². The quantitative estimate of drug-likeness (QED) is 0.278. The molecule has 42 heavy (non-hydrogen) atoms. The molecule has 0 aromatic heterocycles. The molecule has 1 amide bonds. The first-order valence-electron chi connectivity index (χ1n) is 15.7. The van der Waals surface area contributed by atoms with Crippen molar-refractivity contribution in [2.45, 2.75) is 118 Å². The average molecular weight is 600 g/mol. The molecule has 242 valence electrons. The lowest BCUT2D eigenvalue weighted by Crippen LogP contribution is -2.53. The van der Waals surface area contributed by atoms with Crippen molar-refractivity contribution in [3.05, 3.63) is 59.7 Å². The van der Waals surface area contributed by atoms with Gasteiger partial charge < -0.3 is 15.5 Å². The summed E-state index contributed by atoms with van der Waals surface area (Å²) in [6.07, 6.45) is 2.46. The standard InChI is InChI=1S/C21H24F4N2O.C6H12.C3H8.C2H7N.C2H6/c1-13-4-9-19(22)18(12-13)16-5-7-17(8-6-16)27-11-10-26(14(2)20(27)28)15(3)21(23,24)25;1-5-3-4-6(5)2;1-3-2;1-2-3;1-2/h4,9,12,16-17H,2-3,5-8,10-11H2,1H3;5-6H,3-4H2,1-2H3;3H2,1-2H3;2-3H2,1H3;1-2H3. The molecule has 1 aliphatic heterocycles. The maximum Gasteiger partial charge on any atom is 0.430 e. The Bertz CT molecular complexity index is 945. The number of carbonyl (C=O) groups excluding carboxylic acids is 1. The largest absolute Gasteiger partial charge is 0.430 e. The van der Waals surface area contributed by atoms with E-state index < -0.39 is 17.8 Å². The molecule has 3 aliphatic rings. The van der Waals surface area contributed by atoms with Crippen LogP contribution in [0.4, 0.5) is 17.6 Å². The van der Waals surface area contributed by atoms with Gasteiger partial charge in [-0.05, 0) is 68.5 Å². The Labute approximate surface area is 253 Å². The molecular weight excluding hydrogens is 542 g/mol. The predicted molar refractivity (Wildman–Crippen MR) is 168 cm³/mol. The third-order valence-corrected chi connectivity index (χ3v) is 7.83. The molecule has 1 heterocycles. The van der Waals surface area contributed by atoms with Crippen LogP contribution < -0.4 is 5.73 Å². The van der Waals surface area contributed by atoms with Gasteiger partial charge in [-0.3, -0.25) is 4.79 Å². The van der Waals surface area contributed by atoms with Gasteiger partial charge in [0.25, 0.3) is 5.91 Å². The van der Waals surface area contributed by atoms with E-state index in [-0.39, 0.29) is 36.6 Å². The van der Waals surface area contributed by atoms with E-state index in [1.165, 1.54) is 25.3 Å². The van der Waals surface area contributed by atoms with Crippen LogP contribution in [-0.4, -0.2) is 47.6 Å². The molecule has 4 nitrogen and oxygen atoms in total. The molecule has 2 saturated carbocycles. The van der Waals surface area contributed by atoms with Crippen LogP contribution in [0.5, 0.6) is 0 Å². The van der Waals surface area contributed by atoms with Crippen molar-refractivity contribution in [2.24, 2.45) is 17.6 Å². The molecule has 0 radical (unpaired) electrons. The van der Waals surface area contributed by atoms with E-state index in [9.17, 15) is 22.4 Å². The number of amides is 1. The van der Waals surface area contributed by atoms with Gasteiger partial charge in [-0.25, -0.2) is 4.39 Å². The van der Waals surface area contributed by atoms with Crippen LogP contribution >= 0.6 is 0 Å². The van der Waals surface area contributed by atoms with Crippen molar-refractivity contribution in [1.29, 1.82) is 0 Å². The number of rotatable bonds is 3. The van der Waals surface area contributed by atoms with Crippen LogP contribution in [0.25, 0.3) is 0 Å². The molecule has 1 aromatic rings. The van der Waals surface area contributed by atoms with E-state index in [0.29, 0.717) is 18.4 Å². The van der Waals surface area contributed by atoms with E-state index in [0.717, 1.165) is 41.7 Å². The van der Waals surface area contributed by atoms with Crippen molar-refractivity contribution < 1.29 is 22.4 Å². The fraction of sp³-hybridized carbons (Fsp3) is 0.676. The molecule has 2 N–H and O–H groups in total. The zero-order chi connectivity index (χ0) is 32.6. The maximum absolute atomic E-state index is 14.2. The molecule has 4 rings (SSSR count). The van der Waals surface area contributed by atoms with Gasteiger partial charge in [0.1, 0.15) is 11.5 Å². The summed E-state index contributed by atoms with van der Waals surface area (Å²) in [7, 11) is 0. The molecular formula is C34H57F4N3O. The summed E-state index contributed by atoms with van der Waals surface area (Å²) in [5, 5.41) is 0. The van der Waals surface area contributed by atoms with Gasteiger partial charge in [-0.2, -0.15) is 13.2 Å². The number of hydrogen-bond donors (Lipinski definition) is 1. The summed E-state index contributed by atoms with van der Waals surface area (Å²) < 4.78 is 52.9. The maximum atomic E-state index is 14.2. The summed E-state index contributed by atoms with van der Waals surface area (Å²) in [4.78, 5) is 15.1. The van der Waals surface area contributed by atoms with Gasteiger partial charge in [-0.1, -0.05) is 98.6 Å². The molecule has 0 spiro atoms. The highest BCUT2D eigenvalue weighted by Gasteiger charge is 2.42. The number of allylic oxidation sites excluding steroid dienone is 1. The summed E-state index contributed by atoms with van der Waals surface area (Å²) >= 11 is 0. The monoisotopic (exact) mass is 599 g/mol. The lowest BCUT2D eigenvalue weighted by atomic mass is 9.77. The van der Waals surface area contributed by atoms with Gasteiger partial charge in [0.15, 0.2) is 0 Å². The van der Waals surface area contributed by atoms with E-state index in [2.05, 4.69) is 40.9 Å². The number of carbonyl (C=O) groups is 1. The van der Waals surface area contributed by atoms with E-state index in [4.69, 9.17) is 5.73 Å². The minimum Gasteiger partial charge on any atom is -0.333 e. The van der Waals surface area contributed by atoms with E-state index in [1.54, 1.807) is 11.0 Å². The second kappa shape index (κ2) is 19.8. The highest BCUT2D eigenvalue weighted by atomic mass is 19.4. The molecule has 2 aliphatic carbocycles. The van der Waals surface area contributed by atoms with Gasteiger partial charge in [0.2, 0.25) is 0 Å². The lowest BCUT2D eigenvalue weighted by molar-refractivity contribution is -0.138. The number of nitrogens with two attached hydrogens (primary N) is 1. The van der Waals surface area contributed by atoms with Crippen LogP contribution in [0, 0.1) is 24.6 Å². The highest BCUT2D eigenvalue weighted by molar-refractivity contribution is 5.93. The number of alkyl halides is 3. The van der Waals surface area contributed by atoms with Crippen molar-refractivity contribution >= 4 is 5.91 Å². The summed E-state index contributed by atoms with van der Waals surface area (Å²) in [5.41, 5.74) is 5.30. The first-order valence-corrected chi connectivity index (χ1v) is 15.7. The number of hydrogen-bond acceptors (Lipinski definition) is 3. The summed E-state index contributed by atoms with van der Waals surface area (Å²) in [6, 6.07) is 5.03. The average Bonchev–Trinajstić information content (AvgIpc) is 2.96. The normalized spacial score (nSPS) is 23.4. The van der Waals surface area contributed by atoms with E-state index >= 15 is 0 Å². The zero-order valence-electron chi connectivity index (χ0n) is 27.4. The minimum absolute atomic E-state index is 0.0232. The van der Waals surface area contributed by atoms with Crippen molar-refractivity contribution in [3.63, 3.8) is 0 Å². The lowest BCUT2D eigenvalue weighted by Gasteiger charge is -2.43. The number of aryl methyl sites for hydroxylation is 1. The van der Waals surface area contributed by atoms with Gasteiger partial charge in [0.05, 0.1) is 5.70 Å². The Hall–Kier alpha value is -2.35. The second-order valence-electron chi connectivity index (χ2n) is 11.2. The number of benzene rings is 1. The van der Waals surface area contributed by atoms with Crippen LogP contribution in [-0.2, 0) is 4.79 Å². The number of piperazine rings is 1. The third-order valence-electron chi connectivity index (χ3n) is 7.83. The van der Waals surface area contributed by atoms with Gasteiger partial charge in [0, 0.05) is 19.1 Å². The zero-order valence-corrected chi connectivity index (χ0v) is 27.4.